The van der Waals surface area contributed by atoms with Crippen molar-refractivity contribution >= 4 is 0 Å². The molecule has 2 aromatic rings. The number of aromatic nitrogens is 1. The highest BCUT2D eigenvalue weighted by atomic mass is 16.5. The molecule has 0 saturated carbocycles. The summed E-state index contributed by atoms with van der Waals surface area (Å²) >= 11 is 0. The number of nitrogens with zero attached hydrogens (tertiary/aromatic N) is 2. The van der Waals surface area contributed by atoms with Crippen LogP contribution in [0.1, 0.15) is 5.56 Å². The monoisotopic (exact) mass is 256 g/mol. The van der Waals surface area contributed by atoms with E-state index < -0.39 is 0 Å². The second-order valence-corrected chi connectivity index (χ2v) is 3.76. The molecule has 0 radical (unpaired) electrons. The SMILES string of the molecule is COc1ccc(OC)c(-c2cc(C#N)c(O)cn2)c1. The van der Waals surface area contributed by atoms with E-state index in [1.807, 2.05) is 6.07 Å². The molecule has 0 atom stereocenters. The number of ether oxygens (including phenoxy) is 2. The first-order valence-corrected chi connectivity index (χ1v) is 5.51. The second-order valence-electron chi connectivity index (χ2n) is 3.76. The zero-order valence-corrected chi connectivity index (χ0v) is 10.5. The Morgan fingerprint density at radius 2 is 2.00 bits per heavy atom. The van der Waals surface area contributed by atoms with Gasteiger partial charge in [0.25, 0.3) is 0 Å². The summed E-state index contributed by atoms with van der Waals surface area (Å²) in [5, 5.41) is 18.4. The van der Waals surface area contributed by atoms with Crippen molar-refractivity contribution < 1.29 is 14.6 Å². The van der Waals surface area contributed by atoms with Gasteiger partial charge in [0.1, 0.15) is 17.6 Å². The Labute approximate surface area is 110 Å². The zero-order chi connectivity index (χ0) is 13.8. The number of rotatable bonds is 3. The van der Waals surface area contributed by atoms with Gasteiger partial charge in [0.15, 0.2) is 5.75 Å². The predicted octanol–water partition coefficient (Wildman–Crippen LogP) is 2.34. The first-order valence-electron chi connectivity index (χ1n) is 5.51. The summed E-state index contributed by atoms with van der Waals surface area (Å²) in [6, 6.07) is 8.71. The van der Waals surface area contributed by atoms with Crippen molar-refractivity contribution in [3.05, 3.63) is 36.0 Å². The second kappa shape index (κ2) is 5.27. The lowest BCUT2D eigenvalue weighted by atomic mass is 10.1. The largest absolute Gasteiger partial charge is 0.505 e. The van der Waals surface area contributed by atoms with Gasteiger partial charge >= 0.3 is 0 Å². The third kappa shape index (κ3) is 2.43. The molecule has 5 nitrogen and oxygen atoms in total. The van der Waals surface area contributed by atoms with Crippen LogP contribution in [-0.2, 0) is 0 Å². The van der Waals surface area contributed by atoms with E-state index in [1.54, 1.807) is 32.4 Å². The first-order chi connectivity index (χ1) is 9.19. The van der Waals surface area contributed by atoms with E-state index in [1.165, 1.54) is 12.3 Å². The van der Waals surface area contributed by atoms with Gasteiger partial charge in [-0.15, -0.1) is 0 Å². The van der Waals surface area contributed by atoms with Gasteiger partial charge in [-0.25, -0.2) is 0 Å². The summed E-state index contributed by atoms with van der Waals surface area (Å²) < 4.78 is 10.4. The molecule has 1 heterocycles. The van der Waals surface area contributed by atoms with Crippen LogP contribution in [0.2, 0.25) is 0 Å². The van der Waals surface area contributed by atoms with Gasteiger partial charge in [-0.3, -0.25) is 4.98 Å². The van der Waals surface area contributed by atoms with E-state index in [4.69, 9.17) is 14.7 Å². The number of hydrogen-bond acceptors (Lipinski definition) is 5. The van der Waals surface area contributed by atoms with Crippen molar-refractivity contribution in [3.8, 4) is 34.6 Å². The number of benzene rings is 1. The minimum atomic E-state index is -0.145. The Hall–Kier alpha value is -2.74. The average Bonchev–Trinajstić information content (AvgIpc) is 2.47. The smallest absolute Gasteiger partial charge is 0.151 e. The van der Waals surface area contributed by atoms with Crippen LogP contribution in [-0.4, -0.2) is 24.3 Å². The molecule has 0 unspecified atom stereocenters. The van der Waals surface area contributed by atoms with E-state index in [0.717, 1.165) is 0 Å². The first kappa shape index (κ1) is 12.7. The van der Waals surface area contributed by atoms with Gasteiger partial charge in [-0.2, -0.15) is 5.26 Å². The Bertz CT molecular complexity index is 648. The highest BCUT2D eigenvalue weighted by Gasteiger charge is 2.11. The molecule has 0 amide bonds. The van der Waals surface area contributed by atoms with Crippen molar-refractivity contribution in [3.63, 3.8) is 0 Å². The average molecular weight is 256 g/mol. The topological polar surface area (TPSA) is 75.4 Å². The fraction of sp³-hybridized carbons (Fsp3) is 0.143. The van der Waals surface area contributed by atoms with E-state index in [2.05, 4.69) is 4.98 Å². The third-order valence-corrected chi connectivity index (χ3v) is 2.69. The molecule has 0 bridgehead atoms. The molecule has 0 aliphatic heterocycles. The van der Waals surface area contributed by atoms with Crippen LogP contribution in [0.25, 0.3) is 11.3 Å². The molecule has 1 N–H and O–H groups in total. The van der Waals surface area contributed by atoms with Gasteiger partial charge in [-0.05, 0) is 24.3 Å². The molecule has 0 aliphatic rings. The molecule has 1 aromatic heterocycles. The maximum Gasteiger partial charge on any atom is 0.151 e. The Morgan fingerprint density at radius 1 is 1.21 bits per heavy atom. The van der Waals surface area contributed by atoms with Crippen LogP contribution in [0, 0.1) is 11.3 Å². The predicted molar refractivity (Wildman–Crippen MR) is 69.2 cm³/mol. The number of pyridine rings is 1. The van der Waals surface area contributed by atoms with E-state index in [0.29, 0.717) is 22.8 Å². The molecular weight excluding hydrogens is 244 g/mol. The summed E-state index contributed by atoms with van der Waals surface area (Å²) in [7, 11) is 3.12. The van der Waals surface area contributed by atoms with Crippen LogP contribution < -0.4 is 9.47 Å². The van der Waals surface area contributed by atoms with Crippen LogP contribution >= 0.6 is 0 Å². The van der Waals surface area contributed by atoms with Crippen molar-refractivity contribution in [2.24, 2.45) is 0 Å². The fourth-order valence-corrected chi connectivity index (χ4v) is 1.70. The lowest BCUT2D eigenvalue weighted by Gasteiger charge is -2.10. The maximum atomic E-state index is 9.47. The summed E-state index contributed by atoms with van der Waals surface area (Å²) in [6.45, 7) is 0. The van der Waals surface area contributed by atoms with Crippen LogP contribution in [0.15, 0.2) is 30.5 Å². The van der Waals surface area contributed by atoms with E-state index in [9.17, 15) is 5.11 Å². The summed E-state index contributed by atoms with van der Waals surface area (Å²) in [5.41, 5.74) is 1.39. The minimum Gasteiger partial charge on any atom is -0.505 e. The van der Waals surface area contributed by atoms with Crippen LogP contribution in [0.3, 0.4) is 0 Å². The summed E-state index contributed by atoms with van der Waals surface area (Å²) in [6.07, 6.45) is 1.24. The fourth-order valence-electron chi connectivity index (χ4n) is 1.70. The zero-order valence-electron chi connectivity index (χ0n) is 10.5. The third-order valence-electron chi connectivity index (χ3n) is 2.69. The van der Waals surface area contributed by atoms with Crippen LogP contribution in [0.5, 0.6) is 17.2 Å². The van der Waals surface area contributed by atoms with Gasteiger partial charge < -0.3 is 14.6 Å². The Morgan fingerprint density at radius 3 is 2.63 bits per heavy atom. The van der Waals surface area contributed by atoms with Gasteiger partial charge in [-0.1, -0.05) is 0 Å². The lowest BCUT2D eigenvalue weighted by Crippen LogP contribution is -1.93. The lowest BCUT2D eigenvalue weighted by molar-refractivity contribution is 0.404. The van der Waals surface area contributed by atoms with Crippen molar-refractivity contribution in [2.75, 3.05) is 14.2 Å². The molecule has 0 spiro atoms. The molecule has 1 aromatic carbocycles. The van der Waals surface area contributed by atoms with E-state index >= 15 is 0 Å². The normalized spacial score (nSPS) is 9.74. The highest BCUT2D eigenvalue weighted by molar-refractivity contribution is 5.70. The molecular formula is C14H12N2O3. The van der Waals surface area contributed by atoms with Crippen LogP contribution in [0.4, 0.5) is 0 Å². The highest BCUT2D eigenvalue weighted by Crippen LogP contribution is 2.33. The van der Waals surface area contributed by atoms with Gasteiger partial charge in [0.05, 0.1) is 31.7 Å². The van der Waals surface area contributed by atoms with E-state index in [-0.39, 0.29) is 11.3 Å². The standard InChI is InChI=1S/C14H12N2O3/c1-18-10-3-4-14(19-2)11(6-10)12-5-9(7-15)13(17)8-16-12/h3-6,8,17H,1-2H3. The molecule has 96 valence electrons. The van der Waals surface area contributed by atoms with Crippen molar-refractivity contribution in [1.82, 2.24) is 4.98 Å². The quantitative estimate of drug-likeness (QED) is 0.912. The number of nitriles is 1. The Kier molecular flexibility index (Phi) is 3.53. The number of methoxy groups -OCH3 is 2. The molecule has 5 heteroatoms. The van der Waals surface area contributed by atoms with Gasteiger partial charge in [0.2, 0.25) is 0 Å². The summed E-state index contributed by atoms with van der Waals surface area (Å²) in [4.78, 5) is 4.10. The molecule has 0 saturated heterocycles. The van der Waals surface area contributed by atoms with Crippen molar-refractivity contribution in [1.29, 1.82) is 5.26 Å². The number of hydrogen-bond donors (Lipinski definition) is 1. The molecule has 0 aliphatic carbocycles. The molecule has 2 rings (SSSR count). The summed E-state index contributed by atoms with van der Waals surface area (Å²) in [5.74, 6) is 1.13. The Balaban J connectivity index is 2.60. The molecule has 0 fully saturated rings. The minimum absolute atomic E-state index is 0.145. The maximum absolute atomic E-state index is 9.47. The van der Waals surface area contributed by atoms with Crippen molar-refractivity contribution in [2.45, 2.75) is 0 Å². The van der Waals surface area contributed by atoms with Gasteiger partial charge in [0, 0.05) is 5.56 Å². The molecule has 19 heavy (non-hydrogen) atoms. The number of aromatic hydroxyl groups is 1.